The molecule has 1 saturated heterocycles. The molecule has 0 radical (unpaired) electrons. The van der Waals surface area contributed by atoms with Crippen molar-refractivity contribution in [2.24, 2.45) is 0 Å². The van der Waals surface area contributed by atoms with Crippen LogP contribution in [0.3, 0.4) is 0 Å². The molecule has 0 atom stereocenters. The summed E-state index contributed by atoms with van der Waals surface area (Å²) < 4.78 is 0.214. The van der Waals surface area contributed by atoms with Crippen molar-refractivity contribution in [3.8, 4) is 0 Å². The third-order valence-corrected chi connectivity index (χ3v) is 4.22. The summed E-state index contributed by atoms with van der Waals surface area (Å²) in [7, 11) is 0. The highest BCUT2D eigenvalue weighted by Crippen LogP contribution is 2.39. The van der Waals surface area contributed by atoms with Crippen molar-refractivity contribution in [1.82, 2.24) is 5.32 Å². The Kier molecular flexibility index (Phi) is 4.81. The van der Waals surface area contributed by atoms with E-state index in [0.717, 1.165) is 13.1 Å². The largest absolute Gasteiger partial charge is 0.317 e. The van der Waals surface area contributed by atoms with E-state index >= 15 is 0 Å². The molecule has 84 valence electrons. The molecule has 1 aliphatic rings. The van der Waals surface area contributed by atoms with Gasteiger partial charge in [0, 0.05) is 0 Å². The number of nitrogens with one attached hydrogen (secondary N) is 1. The highest BCUT2D eigenvalue weighted by molar-refractivity contribution is 9.09. The Morgan fingerprint density at radius 3 is 2.20 bits per heavy atom. The van der Waals surface area contributed by atoms with E-state index in [2.05, 4.69) is 52.4 Å². The van der Waals surface area contributed by atoms with E-state index in [4.69, 9.17) is 0 Å². The lowest BCUT2D eigenvalue weighted by Gasteiger charge is -2.32. The van der Waals surface area contributed by atoms with Gasteiger partial charge in [-0.1, -0.05) is 45.8 Å². The summed E-state index contributed by atoms with van der Waals surface area (Å²) in [6.45, 7) is 4.35. The molecule has 1 fully saturated rings. The standard InChI is InChI=1S/C12H16BrN.BrH/c1-10-2-4-11(5-3-10)12(13)6-8-14-9-7-12;/h2-5,14H,6-9H2,1H3;1H. The third-order valence-electron chi connectivity index (χ3n) is 2.97. The molecule has 0 saturated carbocycles. The van der Waals surface area contributed by atoms with Gasteiger partial charge in [-0.25, -0.2) is 0 Å². The van der Waals surface area contributed by atoms with E-state index in [9.17, 15) is 0 Å². The Morgan fingerprint density at radius 2 is 1.67 bits per heavy atom. The van der Waals surface area contributed by atoms with Crippen molar-refractivity contribution in [2.75, 3.05) is 13.1 Å². The van der Waals surface area contributed by atoms with Crippen molar-refractivity contribution >= 4 is 32.9 Å². The first-order chi connectivity index (χ1) is 6.71. The normalized spacial score (nSPS) is 19.3. The Hall–Kier alpha value is 0.140. The predicted octanol–water partition coefficient (Wildman–Crippen LogP) is 3.55. The zero-order chi connectivity index (χ0) is 10.0. The first-order valence-electron chi connectivity index (χ1n) is 5.17. The van der Waals surface area contributed by atoms with Gasteiger partial charge in [0.25, 0.3) is 0 Å². The summed E-state index contributed by atoms with van der Waals surface area (Å²) in [5.74, 6) is 0. The van der Waals surface area contributed by atoms with Crippen LogP contribution in [-0.2, 0) is 4.32 Å². The lowest BCUT2D eigenvalue weighted by atomic mass is 9.89. The van der Waals surface area contributed by atoms with Crippen LogP contribution in [0.1, 0.15) is 24.0 Å². The zero-order valence-electron chi connectivity index (χ0n) is 8.92. The molecule has 1 nitrogen and oxygen atoms in total. The minimum absolute atomic E-state index is 0. The van der Waals surface area contributed by atoms with E-state index in [1.54, 1.807) is 0 Å². The van der Waals surface area contributed by atoms with Gasteiger partial charge < -0.3 is 5.32 Å². The zero-order valence-corrected chi connectivity index (χ0v) is 12.2. The van der Waals surface area contributed by atoms with Crippen LogP contribution in [0, 0.1) is 6.92 Å². The lowest BCUT2D eigenvalue weighted by molar-refractivity contribution is 0.432. The second kappa shape index (κ2) is 5.46. The van der Waals surface area contributed by atoms with E-state index in [0.29, 0.717) is 0 Å². The van der Waals surface area contributed by atoms with Gasteiger partial charge in [0.1, 0.15) is 0 Å². The summed E-state index contributed by atoms with van der Waals surface area (Å²) in [5, 5.41) is 3.39. The molecule has 0 aliphatic carbocycles. The van der Waals surface area contributed by atoms with Crippen molar-refractivity contribution in [2.45, 2.75) is 24.1 Å². The Bertz CT molecular complexity index is 302. The maximum atomic E-state index is 3.89. The number of hydrogen-bond acceptors (Lipinski definition) is 1. The fourth-order valence-corrected chi connectivity index (χ4v) is 2.62. The van der Waals surface area contributed by atoms with Gasteiger partial charge in [0.2, 0.25) is 0 Å². The topological polar surface area (TPSA) is 12.0 Å². The molecule has 0 aromatic heterocycles. The summed E-state index contributed by atoms with van der Waals surface area (Å²) in [6.07, 6.45) is 2.35. The number of hydrogen-bond donors (Lipinski definition) is 1. The minimum Gasteiger partial charge on any atom is -0.317 e. The molecule has 0 unspecified atom stereocenters. The maximum absolute atomic E-state index is 3.89. The van der Waals surface area contributed by atoms with E-state index in [1.807, 2.05) is 0 Å². The number of alkyl halides is 1. The minimum atomic E-state index is 0. The third kappa shape index (κ3) is 3.05. The van der Waals surface area contributed by atoms with E-state index in [-0.39, 0.29) is 21.3 Å². The highest BCUT2D eigenvalue weighted by Gasteiger charge is 2.30. The van der Waals surface area contributed by atoms with Crippen LogP contribution in [0.4, 0.5) is 0 Å². The maximum Gasteiger partial charge on any atom is 0.0530 e. The molecule has 15 heavy (non-hydrogen) atoms. The number of halogens is 2. The Balaban J connectivity index is 0.00000112. The smallest absolute Gasteiger partial charge is 0.0530 e. The van der Waals surface area contributed by atoms with Gasteiger partial charge in [-0.3, -0.25) is 0 Å². The second-order valence-corrected chi connectivity index (χ2v) is 5.60. The molecule has 0 spiro atoms. The van der Waals surface area contributed by atoms with Crippen LogP contribution >= 0.6 is 32.9 Å². The van der Waals surface area contributed by atoms with Gasteiger partial charge >= 0.3 is 0 Å². The number of benzene rings is 1. The number of aryl methyl sites for hydroxylation is 1. The molecular weight excluding hydrogens is 318 g/mol. The molecule has 1 aliphatic heterocycles. The lowest BCUT2D eigenvalue weighted by Crippen LogP contribution is -2.35. The number of piperidine rings is 1. The van der Waals surface area contributed by atoms with E-state index in [1.165, 1.54) is 24.0 Å². The molecule has 0 bridgehead atoms. The van der Waals surface area contributed by atoms with Crippen LogP contribution in [0.2, 0.25) is 0 Å². The highest BCUT2D eigenvalue weighted by atomic mass is 79.9. The fourth-order valence-electron chi connectivity index (χ4n) is 1.96. The van der Waals surface area contributed by atoms with Gasteiger partial charge in [0.05, 0.1) is 4.32 Å². The summed E-state index contributed by atoms with van der Waals surface area (Å²) in [4.78, 5) is 0. The quantitative estimate of drug-likeness (QED) is 0.774. The Morgan fingerprint density at radius 1 is 1.13 bits per heavy atom. The van der Waals surface area contributed by atoms with Crippen LogP contribution in [0.15, 0.2) is 24.3 Å². The Labute approximate surface area is 111 Å². The molecule has 1 aromatic rings. The fraction of sp³-hybridized carbons (Fsp3) is 0.500. The predicted molar refractivity (Wildman–Crippen MR) is 74.2 cm³/mol. The van der Waals surface area contributed by atoms with Crippen LogP contribution in [0.25, 0.3) is 0 Å². The van der Waals surface area contributed by atoms with Crippen molar-refractivity contribution in [3.63, 3.8) is 0 Å². The molecule has 1 N–H and O–H groups in total. The summed E-state index contributed by atoms with van der Waals surface area (Å²) in [5.41, 5.74) is 2.75. The molecule has 0 amide bonds. The van der Waals surface area contributed by atoms with Crippen molar-refractivity contribution in [3.05, 3.63) is 35.4 Å². The van der Waals surface area contributed by atoms with Crippen molar-refractivity contribution < 1.29 is 0 Å². The molecule has 1 aromatic carbocycles. The summed E-state index contributed by atoms with van der Waals surface area (Å²) in [6, 6.07) is 8.88. The molecule has 1 heterocycles. The van der Waals surface area contributed by atoms with Crippen LogP contribution in [0.5, 0.6) is 0 Å². The average molecular weight is 335 g/mol. The van der Waals surface area contributed by atoms with Crippen LogP contribution < -0.4 is 5.32 Å². The summed E-state index contributed by atoms with van der Waals surface area (Å²) >= 11 is 3.89. The SMILES string of the molecule is Br.Cc1ccc(C2(Br)CCNCC2)cc1. The second-order valence-electron chi connectivity index (χ2n) is 4.08. The van der Waals surface area contributed by atoms with Gasteiger partial charge in [-0.2, -0.15) is 0 Å². The van der Waals surface area contributed by atoms with E-state index < -0.39 is 0 Å². The first kappa shape index (κ1) is 13.2. The van der Waals surface area contributed by atoms with Crippen molar-refractivity contribution in [1.29, 1.82) is 0 Å². The molecular formula is C12H17Br2N. The van der Waals surface area contributed by atoms with Crippen LogP contribution in [-0.4, -0.2) is 13.1 Å². The first-order valence-corrected chi connectivity index (χ1v) is 5.97. The monoisotopic (exact) mass is 333 g/mol. The average Bonchev–Trinajstić information content (AvgIpc) is 2.19. The van der Waals surface area contributed by atoms with Gasteiger partial charge in [-0.15, -0.1) is 17.0 Å². The molecule has 2 rings (SSSR count). The van der Waals surface area contributed by atoms with Gasteiger partial charge in [-0.05, 0) is 38.4 Å². The molecule has 3 heteroatoms. The van der Waals surface area contributed by atoms with Gasteiger partial charge in [0.15, 0.2) is 0 Å². The number of rotatable bonds is 1.